The first-order valence-electron chi connectivity index (χ1n) is 4.58. The van der Waals surface area contributed by atoms with Gasteiger partial charge >= 0.3 is 5.97 Å². The number of esters is 1. The van der Waals surface area contributed by atoms with E-state index in [-0.39, 0.29) is 11.2 Å². The monoisotopic (exact) mass is 245 g/mol. The molecule has 0 saturated heterocycles. The van der Waals surface area contributed by atoms with Crippen LogP contribution in [0.15, 0.2) is 23.4 Å². The van der Waals surface area contributed by atoms with Gasteiger partial charge in [-0.3, -0.25) is 4.79 Å². The number of pyridine rings is 1. The molecule has 0 aromatic carbocycles. The zero-order valence-electron chi connectivity index (χ0n) is 8.57. The molecule has 0 amide bonds. The molecule has 1 atom stereocenters. The van der Waals surface area contributed by atoms with Crippen LogP contribution in [-0.2, 0) is 9.53 Å². The highest BCUT2D eigenvalue weighted by atomic mass is 35.5. The van der Waals surface area contributed by atoms with Gasteiger partial charge in [0.15, 0.2) is 0 Å². The van der Waals surface area contributed by atoms with Crippen molar-refractivity contribution in [3.63, 3.8) is 0 Å². The molecule has 5 heteroatoms. The molecule has 1 aromatic heterocycles. The molecule has 82 valence electrons. The Balaban J connectivity index is 2.54. The predicted molar refractivity (Wildman–Crippen MR) is 61.2 cm³/mol. The maximum atomic E-state index is 11.3. The molecular formula is C10H12ClNO2S. The van der Waals surface area contributed by atoms with E-state index in [1.807, 2.05) is 0 Å². The number of halogens is 1. The summed E-state index contributed by atoms with van der Waals surface area (Å²) in [6.07, 6.45) is 1.56. The van der Waals surface area contributed by atoms with Gasteiger partial charge in [0, 0.05) is 6.20 Å². The lowest BCUT2D eigenvalue weighted by atomic mass is 10.5. The summed E-state index contributed by atoms with van der Waals surface area (Å²) in [5.41, 5.74) is 0. The standard InChI is InChI=1S/C10H12ClNO2S/c1-3-14-10(13)7(2)15-9-5-4-8(11)6-12-9/h4-7H,3H2,1-2H3. The first-order valence-corrected chi connectivity index (χ1v) is 5.84. The van der Waals surface area contributed by atoms with Gasteiger partial charge in [-0.05, 0) is 26.0 Å². The molecule has 0 bridgehead atoms. The third-order valence-corrected chi connectivity index (χ3v) is 2.87. The lowest BCUT2D eigenvalue weighted by molar-refractivity contribution is -0.142. The Morgan fingerprint density at radius 1 is 1.67 bits per heavy atom. The van der Waals surface area contributed by atoms with E-state index >= 15 is 0 Å². The summed E-state index contributed by atoms with van der Waals surface area (Å²) in [6, 6.07) is 3.53. The number of thioether (sulfide) groups is 1. The number of hydrogen-bond acceptors (Lipinski definition) is 4. The molecule has 3 nitrogen and oxygen atoms in total. The number of ether oxygens (including phenoxy) is 1. The van der Waals surface area contributed by atoms with Crippen LogP contribution in [0.3, 0.4) is 0 Å². The van der Waals surface area contributed by atoms with E-state index < -0.39 is 0 Å². The Morgan fingerprint density at radius 3 is 2.93 bits per heavy atom. The van der Waals surface area contributed by atoms with Gasteiger partial charge in [0.2, 0.25) is 0 Å². The molecule has 0 aliphatic heterocycles. The second kappa shape index (κ2) is 5.98. The fraction of sp³-hybridized carbons (Fsp3) is 0.400. The summed E-state index contributed by atoms with van der Waals surface area (Å²) in [7, 11) is 0. The second-order valence-corrected chi connectivity index (χ2v) is 4.62. The summed E-state index contributed by atoms with van der Waals surface area (Å²) in [6.45, 7) is 3.98. The van der Waals surface area contributed by atoms with E-state index in [0.29, 0.717) is 11.6 Å². The SMILES string of the molecule is CCOC(=O)C(C)Sc1ccc(Cl)cn1. The highest BCUT2D eigenvalue weighted by Gasteiger charge is 2.15. The van der Waals surface area contributed by atoms with Crippen molar-refractivity contribution in [2.45, 2.75) is 24.1 Å². The number of carbonyl (C=O) groups is 1. The Labute approximate surface area is 98.2 Å². The van der Waals surface area contributed by atoms with Gasteiger partial charge in [0.05, 0.1) is 16.7 Å². The summed E-state index contributed by atoms with van der Waals surface area (Å²) < 4.78 is 4.89. The summed E-state index contributed by atoms with van der Waals surface area (Å²) in [5, 5.41) is 1.10. The molecule has 0 saturated carbocycles. The number of aromatic nitrogens is 1. The number of hydrogen-bond donors (Lipinski definition) is 0. The van der Waals surface area contributed by atoms with Crippen molar-refractivity contribution >= 4 is 29.3 Å². The minimum atomic E-state index is -0.251. The summed E-state index contributed by atoms with van der Waals surface area (Å²) in [4.78, 5) is 15.4. The van der Waals surface area contributed by atoms with Crippen LogP contribution in [-0.4, -0.2) is 22.8 Å². The van der Waals surface area contributed by atoms with Gasteiger partial charge in [0.25, 0.3) is 0 Å². The highest BCUT2D eigenvalue weighted by Crippen LogP contribution is 2.22. The highest BCUT2D eigenvalue weighted by molar-refractivity contribution is 8.00. The Morgan fingerprint density at radius 2 is 2.40 bits per heavy atom. The maximum Gasteiger partial charge on any atom is 0.319 e. The van der Waals surface area contributed by atoms with Crippen molar-refractivity contribution in [3.05, 3.63) is 23.4 Å². The molecule has 0 spiro atoms. The summed E-state index contributed by atoms with van der Waals surface area (Å²) >= 11 is 7.05. The molecule has 1 aromatic rings. The molecule has 0 aliphatic carbocycles. The first kappa shape index (κ1) is 12.3. The Hall–Kier alpha value is -0.740. The minimum absolute atomic E-state index is 0.223. The van der Waals surface area contributed by atoms with E-state index in [4.69, 9.17) is 16.3 Å². The van der Waals surface area contributed by atoms with Crippen molar-refractivity contribution in [2.75, 3.05) is 6.61 Å². The molecule has 0 fully saturated rings. The quantitative estimate of drug-likeness (QED) is 0.604. The molecule has 1 unspecified atom stereocenters. The van der Waals surface area contributed by atoms with E-state index in [0.717, 1.165) is 5.03 Å². The Bertz CT molecular complexity index is 329. The lowest BCUT2D eigenvalue weighted by Crippen LogP contribution is -2.16. The molecule has 15 heavy (non-hydrogen) atoms. The van der Waals surface area contributed by atoms with Crippen LogP contribution in [0, 0.1) is 0 Å². The van der Waals surface area contributed by atoms with Gasteiger partial charge in [-0.2, -0.15) is 0 Å². The van der Waals surface area contributed by atoms with Crippen molar-refractivity contribution in [3.8, 4) is 0 Å². The third-order valence-electron chi connectivity index (χ3n) is 1.62. The Kier molecular flexibility index (Phi) is 4.91. The number of nitrogens with zero attached hydrogens (tertiary/aromatic N) is 1. The molecule has 0 aliphatic rings. The fourth-order valence-corrected chi connectivity index (χ4v) is 1.82. The van der Waals surface area contributed by atoms with E-state index in [2.05, 4.69) is 4.98 Å². The van der Waals surface area contributed by atoms with Crippen LogP contribution >= 0.6 is 23.4 Å². The molecule has 0 N–H and O–H groups in total. The van der Waals surface area contributed by atoms with Crippen LogP contribution in [0.25, 0.3) is 0 Å². The zero-order valence-corrected chi connectivity index (χ0v) is 10.1. The smallest absolute Gasteiger partial charge is 0.319 e. The largest absolute Gasteiger partial charge is 0.465 e. The van der Waals surface area contributed by atoms with Gasteiger partial charge < -0.3 is 4.74 Å². The van der Waals surface area contributed by atoms with Crippen LogP contribution in [0.4, 0.5) is 0 Å². The zero-order chi connectivity index (χ0) is 11.3. The molecule has 1 rings (SSSR count). The van der Waals surface area contributed by atoms with E-state index in [1.165, 1.54) is 11.8 Å². The van der Waals surface area contributed by atoms with Crippen LogP contribution in [0.2, 0.25) is 5.02 Å². The maximum absolute atomic E-state index is 11.3. The van der Waals surface area contributed by atoms with Gasteiger partial charge in [0.1, 0.15) is 5.25 Å². The van der Waals surface area contributed by atoms with Crippen molar-refractivity contribution in [1.82, 2.24) is 4.98 Å². The molecular weight excluding hydrogens is 234 g/mol. The first-order chi connectivity index (χ1) is 7.13. The van der Waals surface area contributed by atoms with Crippen LogP contribution < -0.4 is 0 Å². The van der Waals surface area contributed by atoms with E-state index in [9.17, 15) is 4.79 Å². The van der Waals surface area contributed by atoms with Crippen molar-refractivity contribution < 1.29 is 9.53 Å². The molecule has 1 heterocycles. The average molecular weight is 246 g/mol. The topological polar surface area (TPSA) is 39.2 Å². The molecule has 0 radical (unpaired) electrons. The predicted octanol–water partition coefficient (Wildman–Crippen LogP) is 2.78. The third kappa shape index (κ3) is 4.10. The fourth-order valence-electron chi connectivity index (χ4n) is 0.921. The van der Waals surface area contributed by atoms with Crippen molar-refractivity contribution in [2.24, 2.45) is 0 Å². The van der Waals surface area contributed by atoms with Gasteiger partial charge in [-0.1, -0.05) is 23.4 Å². The average Bonchev–Trinajstić information content (AvgIpc) is 2.22. The lowest BCUT2D eigenvalue weighted by Gasteiger charge is -2.08. The van der Waals surface area contributed by atoms with Crippen LogP contribution in [0.1, 0.15) is 13.8 Å². The van der Waals surface area contributed by atoms with E-state index in [1.54, 1.807) is 32.2 Å². The normalized spacial score (nSPS) is 12.2. The second-order valence-electron chi connectivity index (χ2n) is 2.83. The van der Waals surface area contributed by atoms with Gasteiger partial charge in [-0.25, -0.2) is 4.98 Å². The van der Waals surface area contributed by atoms with Crippen molar-refractivity contribution in [1.29, 1.82) is 0 Å². The number of rotatable bonds is 4. The summed E-state index contributed by atoms with van der Waals surface area (Å²) in [5.74, 6) is -0.223. The van der Waals surface area contributed by atoms with Gasteiger partial charge in [-0.15, -0.1) is 0 Å². The number of carbonyl (C=O) groups excluding carboxylic acids is 1. The minimum Gasteiger partial charge on any atom is -0.465 e. The van der Waals surface area contributed by atoms with Crippen LogP contribution in [0.5, 0.6) is 0 Å².